The molecule has 22 heavy (non-hydrogen) atoms. The first-order valence-electron chi connectivity index (χ1n) is 7.00. The third-order valence-electron chi connectivity index (χ3n) is 3.56. The van der Waals surface area contributed by atoms with Crippen molar-refractivity contribution < 1.29 is 9.53 Å². The van der Waals surface area contributed by atoms with Crippen LogP contribution in [0, 0.1) is 0 Å². The highest BCUT2D eigenvalue weighted by Gasteiger charge is 2.29. The summed E-state index contributed by atoms with van der Waals surface area (Å²) in [4.78, 5) is 18.0. The van der Waals surface area contributed by atoms with Crippen molar-refractivity contribution in [2.45, 2.75) is 12.6 Å². The Hall–Kier alpha value is -2.27. The summed E-state index contributed by atoms with van der Waals surface area (Å²) in [5, 5.41) is 3.10. The van der Waals surface area contributed by atoms with Crippen LogP contribution in [0.4, 0.5) is 5.69 Å². The zero-order chi connectivity index (χ0) is 15.5. The fourth-order valence-corrected chi connectivity index (χ4v) is 2.71. The summed E-state index contributed by atoms with van der Waals surface area (Å²) in [5.74, 6) is 0.578. The number of hydrogen-bond donors (Lipinski definition) is 1. The van der Waals surface area contributed by atoms with Crippen molar-refractivity contribution in [1.29, 1.82) is 0 Å². The highest BCUT2D eigenvalue weighted by Crippen LogP contribution is 2.34. The van der Waals surface area contributed by atoms with E-state index in [0.29, 0.717) is 24.0 Å². The van der Waals surface area contributed by atoms with Gasteiger partial charge in [0.2, 0.25) is 0 Å². The van der Waals surface area contributed by atoms with Crippen LogP contribution in [0.15, 0.2) is 42.6 Å². The van der Waals surface area contributed by atoms with Gasteiger partial charge in [0.1, 0.15) is 10.9 Å². The highest BCUT2D eigenvalue weighted by atomic mass is 35.5. The second-order valence-electron chi connectivity index (χ2n) is 5.06. The monoisotopic (exact) mass is 317 g/mol. The van der Waals surface area contributed by atoms with E-state index < -0.39 is 6.10 Å². The second-order valence-corrected chi connectivity index (χ2v) is 5.44. The van der Waals surface area contributed by atoms with Crippen molar-refractivity contribution >= 4 is 23.2 Å². The molecule has 2 heterocycles. The molecule has 0 bridgehead atoms. The first-order chi connectivity index (χ1) is 10.7. The average molecular weight is 318 g/mol. The quantitative estimate of drug-likeness (QED) is 0.882. The van der Waals surface area contributed by atoms with Crippen LogP contribution in [0.25, 0.3) is 0 Å². The Morgan fingerprint density at radius 3 is 3.05 bits per heavy atom. The minimum Gasteiger partial charge on any atom is -0.477 e. The van der Waals surface area contributed by atoms with Gasteiger partial charge in [0.15, 0.2) is 6.10 Å². The SMILES string of the molecule is CNC(=O)C1CN(Cc2ccnc(Cl)c2)c2ccccc2O1. The highest BCUT2D eigenvalue weighted by molar-refractivity contribution is 6.29. The Balaban J connectivity index is 1.89. The van der Waals surface area contributed by atoms with Crippen LogP contribution < -0.4 is 15.0 Å². The zero-order valence-electron chi connectivity index (χ0n) is 12.1. The minimum atomic E-state index is -0.530. The van der Waals surface area contributed by atoms with Crippen LogP contribution in [0.2, 0.25) is 5.15 Å². The predicted octanol–water partition coefficient (Wildman–Crippen LogP) is 2.25. The molecule has 0 saturated heterocycles. The summed E-state index contributed by atoms with van der Waals surface area (Å²) < 4.78 is 5.78. The fourth-order valence-electron chi connectivity index (χ4n) is 2.52. The van der Waals surface area contributed by atoms with Gasteiger partial charge in [-0.05, 0) is 29.8 Å². The third kappa shape index (κ3) is 2.99. The van der Waals surface area contributed by atoms with Crippen molar-refractivity contribution in [3.63, 3.8) is 0 Å². The van der Waals surface area contributed by atoms with Gasteiger partial charge < -0.3 is 15.0 Å². The summed E-state index contributed by atoms with van der Waals surface area (Å²) in [6, 6.07) is 11.4. The van der Waals surface area contributed by atoms with Crippen LogP contribution in [0.3, 0.4) is 0 Å². The predicted molar refractivity (Wildman–Crippen MR) is 85.2 cm³/mol. The fraction of sp³-hybridized carbons (Fsp3) is 0.250. The maximum Gasteiger partial charge on any atom is 0.262 e. The van der Waals surface area contributed by atoms with Gasteiger partial charge in [-0.1, -0.05) is 23.7 Å². The zero-order valence-corrected chi connectivity index (χ0v) is 12.9. The number of hydrogen-bond acceptors (Lipinski definition) is 4. The molecule has 3 rings (SSSR count). The van der Waals surface area contributed by atoms with E-state index in [1.807, 2.05) is 36.4 Å². The molecule has 1 N–H and O–H groups in total. The van der Waals surface area contributed by atoms with E-state index in [1.165, 1.54) is 0 Å². The van der Waals surface area contributed by atoms with Gasteiger partial charge in [-0.15, -0.1) is 0 Å². The van der Waals surface area contributed by atoms with Gasteiger partial charge in [0, 0.05) is 19.8 Å². The number of halogens is 1. The second kappa shape index (κ2) is 6.23. The number of nitrogens with one attached hydrogen (secondary N) is 1. The number of para-hydroxylation sites is 2. The van der Waals surface area contributed by atoms with Gasteiger partial charge in [-0.3, -0.25) is 4.79 Å². The lowest BCUT2D eigenvalue weighted by molar-refractivity contribution is -0.127. The molecule has 0 spiro atoms. The first-order valence-corrected chi connectivity index (χ1v) is 7.38. The van der Waals surface area contributed by atoms with Crippen LogP contribution in [0.1, 0.15) is 5.56 Å². The van der Waals surface area contributed by atoms with Crippen LogP contribution >= 0.6 is 11.6 Å². The first kappa shape index (κ1) is 14.7. The molecule has 6 heteroatoms. The lowest BCUT2D eigenvalue weighted by atomic mass is 10.1. The van der Waals surface area contributed by atoms with Crippen molar-refractivity contribution in [3.05, 3.63) is 53.3 Å². The van der Waals surface area contributed by atoms with E-state index in [2.05, 4.69) is 15.2 Å². The number of rotatable bonds is 3. The maximum atomic E-state index is 11.9. The van der Waals surface area contributed by atoms with Gasteiger partial charge in [0.05, 0.1) is 12.2 Å². The molecule has 1 aromatic heterocycles. The molecular weight excluding hydrogens is 302 g/mol. The average Bonchev–Trinajstić information content (AvgIpc) is 2.54. The van der Waals surface area contributed by atoms with Gasteiger partial charge >= 0.3 is 0 Å². The minimum absolute atomic E-state index is 0.132. The Morgan fingerprint density at radius 1 is 1.45 bits per heavy atom. The summed E-state index contributed by atoms with van der Waals surface area (Å²) >= 11 is 5.95. The number of anilines is 1. The van der Waals surface area contributed by atoms with Crippen molar-refractivity contribution in [2.75, 3.05) is 18.5 Å². The van der Waals surface area contributed by atoms with Crippen molar-refractivity contribution in [3.8, 4) is 5.75 Å². The Bertz CT molecular complexity index is 693. The number of amides is 1. The number of nitrogens with zero attached hydrogens (tertiary/aromatic N) is 2. The van der Waals surface area contributed by atoms with Crippen LogP contribution in [-0.2, 0) is 11.3 Å². The molecule has 2 aromatic rings. The van der Waals surface area contributed by atoms with Crippen molar-refractivity contribution in [1.82, 2.24) is 10.3 Å². The Labute approximate surface area is 133 Å². The lowest BCUT2D eigenvalue weighted by Gasteiger charge is -2.35. The molecule has 5 nitrogen and oxygen atoms in total. The van der Waals surface area contributed by atoms with Gasteiger partial charge in [-0.25, -0.2) is 4.98 Å². The third-order valence-corrected chi connectivity index (χ3v) is 3.77. The van der Waals surface area contributed by atoms with Gasteiger partial charge in [-0.2, -0.15) is 0 Å². The number of aromatic nitrogens is 1. The molecular formula is C16H16ClN3O2. The Morgan fingerprint density at radius 2 is 2.27 bits per heavy atom. The largest absolute Gasteiger partial charge is 0.477 e. The number of pyridine rings is 1. The number of benzene rings is 1. The molecule has 1 amide bonds. The van der Waals surface area contributed by atoms with Crippen LogP contribution in [0.5, 0.6) is 5.75 Å². The number of carbonyl (C=O) groups is 1. The Kier molecular flexibility index (Phi) is 4.15. The van der Waals surface area contributed by atoms with Crippen molar-refractivity contribution in [2.24, 2.45) is 0 Å². The molecule has 0 aliphatic carbocycles. The number of fused-ring (bicyclic) bond motifs is 1. The maximum absolute atomic E-state index is 11.9. The van der Waals surface area contributed by atoms with Gasteiger partial charge in [0.25, 0.3) is 5.91 Å². The number of likely N-dealkylation sites (N-methyl/N-ethyl adjacent to an activating group) is 1. The molecule has 1 unspecified atom stereocenters. The molecule has 1 aromatic carbocycles. The molecule has 1 atom stereocenters. The number of carbonyl (C=O) groups excluding carboxylic acids is 1. The molecule has 0 fully saturated rings. The number of ether oxygens (including phenoxy) is 1. The summed E-state index contributed by atoms with van der Waals surface area (Å²) in [6.45, 7) is 1.12. The topological polar surface area (TPSA) is 54.5 Å². The molecule has 114 valence electrons. The van der Waals surface area contributed by atoms with E-state index in [0.717, 1.165) is 11.3 Å². The lowest BCUT2D eigenvalue weighted by Crippen LogP contribution is -2.47. The normalized spacial score (nSPS) is 16.6. The van der Waals surface area contributed by atoms with E-state index in [4.69, 9.17) is 16.3 Å². The molecule has 1 aliphatic heterocycles. The van der Waals surface area contributed by atoms with Crippen LogP contribution in [-0.4, -0.2) is 30.6 Å². The van der Waals surface area contributed by atoms with E-state index in [9.17, 15) is 4.79 Å². The standard InChI is InChI=1S/C16H16ClN3O2/c1-18-16(21)14-10-20(9-11-6-7-19-15(17)8-11)12-4-2-3-5-13(12)22-14/h2-8,14H,9-10H2,1H3,(H,18,21). The smallest absolute Gasteiger partial charge is 0.262 e. The summed E-state index contributed by atoms with van der Waals surface area (Å²) in [6.07, 6.45) is 1.15. The summed E-state index contributed by atoms with van der Waals surface area (Å²) in [7, 11) is 1.61. The molecule has 0 radical (unpaired) electrons. The molecule has 0 saturated carbocycles. The van der Waals surface area contributed by atoms with E-state index >= 15 is 0 Å². The van der Waals surface area contributed by atoms with E-state index in [1.54, 1.807) is 13.2 Å². The molecule has 1 aliphatic rings. The van der Waals surface area contributed by atoms with E-state index in [-0.39, 0.29) is 5.91 Å². The summed E-state index contributed by atoms with van der Waals surface area (Å²) in [5.41, 5.74) is 2.00.